The highest BCUT2D eigenvalue weighted by Crippen LogP contribution is 2.48. The number of Topliss-reactive ketones (excluding diaryl/α,β-unsaturated/α-hetero) is 1. The average molecular weight is 402 g/mol. The van der Waals surface area contributed by atoms with Crippen LogP contribution in [0.5, 0.6) is 5.75 Å². The molecule has 1 unspecified atom stereocenters. The number of phenolic OH excluding ortho intramolecular Hbond substituents is 1. The third-order valence-corrected chi connectivity index (χ3v) is 6.70. The van der Waals surface area contributed by atoms with Crippen molar-refractivity contribution < 1.29 is 9.90 Å². The number of halogens is 2. The maximum Gasteiger partial charge on any atom is 0.161 e. The van der Waals surface area contributed by atoms with Gasteiger partial charge in [-0.2, -0.15) is 0 Å². The smallest absolute Gasteiger partial charge is 0.161 e. The second kappa shape index (κ2) is 6.97. The normalized spacial score (nSPS) is 27.1. The molecule has 4 rings (SSSR count). The Morgan fingerprint density at radius 2 is 2.00 bits per heavy atom. The molecular formula is C22H21Cl2NO2. The van der Waals surface area contributed by atoms with Crippen molar-refractivity contribution in [2.45, 2.75) is 30.7 Å². The van der Waals surface area contributed by atoms with Crippen molar-refractivity contribution in [2.24, 2.45) is 0 Å². The topological polar surface area (TPSA) is 40.5 Å². The standard InChI is InChI=1S/C22H21Cl2NO2/c1-25-8-7-22(15-3-2-4-16(26)11-15)12-20(25)17(21(27)13-22)9-14-5-6-18(23)19(24)10-14/h2-6,9-11,20,26H,7-8,12-13H2,1H3/t20?,22-/m1/s1. The lowest BCUT2D eigenvalue weighted by Crippen LogP contribution is -2.53. The number of ketones is 1. The van der Waals surface area contributed by atoms with Crippen LogP contribution in [0.25, 0.3) is 6.08 Å². The molecule has 0 radical (unpaired) electrons. The number of hydrogen-bond donors (Lipinski definition) is 1. The van der Waals surface area contributed by atoms with Gasteiger partial charge in [0.15, 0.2) is 5.78 Å². The Morgan fingerprint density at radius 3 is 2.74 bits per heavy atom. The Bertz CT molecular complexity index is 940. The summed E-state index contributed by atoms with van der Waals surface area (Å²) in [5.41, 5.74) is 2.56. The molecule has 1 saturated carbocycles. The van der Waals surface area contributed by atoms with Gasteiger partial charge in [-0.3, -0.25) is 9.69 Å². The number of likely N-dealkylation sites (tertiary alicyclic amines) is 1. The zero-order valence-electron chi connectivity index (χ0n) is 15.1. The van der Waals surface area contributed by atoms with Crippen LogP contribution in [0.4, 0.5) is 0 Å². The van der Waals surface area contributed by atoms with Crippen LogP contribution >= 0.6 is 23.2 Å². The van der Waals surface area contributed by atoms with E-state index in [9.17, 15) is 9.90 Å². The molecular weight excluding hydrogens is 381 g/mol. The SMILES string of the molecule is CN1CC[C@]2(c3cccc(O)c3)CC(=O)C(=Cc3ccc(Cl)c(Cl)c3)C1C2. The number of aromatic hydroxyl groups is 1. The molecule has 140 valence electrons. The summed E-state index contributed by atoms with van der Waals surface area (Å²) in [5.74, 6) is 0.411. The largest absolute Gasteiger partial charge is 0.508 e. The first-order valence-corrected chi connectivity index (χ1v) is 9.83. The minimum Gasteiger partial charge on any atom is -0.508 e. The van der Waals surface area contributed by atoms with Crippen LogP contribution < -0.4 is 0 Å². The molecule has 1 aliphatic heterocycles. The number of hydrogen-bond acceptors (Lipinski definition) is 3. The molecule has 2 aromatic carbocycles. The Balaban J connectivity index is 1.73. The quantitative estimate of drug-likeness (QED) is 0.712. The fraction of sp³-hybridized carbons (Fsp3) is 0.318. The highest BCUT2D eigenvalue weighted by molar-refractivity contribution is 6.42. The molecule has 5 heteroatoms. The number of rotatable bonds is 2. The van der Waals surface area contributed by atoms with Gasteiger partial charge in [-0.05, 0) is 67.9 Å². The van der Waals surface area contributed by atoms with Crippen LogP contribution in [-0.4, -0.2) is 35.4 Å². The van der Waals surface area contributed by atoms with Crippen LogP contribution in [0, 0.1) is 0 Å². The Kier molecular flexibility index (Phi) is 4.79. The molecule has 1 N–H and O–H groups in total. The van der Waals surface area contributed by atoms with Crippen LogP contribution in [0.2, 0.25) is 10.0 Å². The summed E-state index contributed by atoms with van der Waals surface area (Å²) >= 11 is 12.1. The third kappa shape index (κ3) is 3.40. The Labute approximate surface area is 169 Å². The number of carbonyl (C=O) groups excluding carboxylic acids is 1. The van der Waals surface area contributed by atoms with Crippen molar-refractivity contribution in [1.29, 1.82) is 0 Å². The van der Waals surface area contributed by atoms with Gasteiger partial charge in [-0.1, -0.05) is 41.4 Å². The van der Waals surface area contributed by atoms with Gasteiger partial charge in [0.25, 0.3) is 0 Å². The van der Waals surface area contributed by atoms with E-state index in [1.807, 2.05) is 30.3 Å². The molecule has 2 bridgehead atoms. The van der Waals surface area contributed by atoms with Crippen LogP contribution in [0.3, 0.4) is 0 Å². The van der Waals surface area contributed by atoms with Gasteiger partial charge < -0.3 is 5.11 Å². The van der Waals surface area contributed by atoms with Gasteiger partial charge in [-0.15, -0.1) is 0 Å². The van der Waals surface area contributed by atoms with Gasteiger partial charge >= 0.3 is 0 Å². The van der Waals surface area contributed by atoms with Gasteiger partial charge in [-0.25, -0.2) is 0 Å². The summed E-state index contributed by atoms with van der Waals surface area (Å²) in [4.78, 5) is 15.4. The maximum atomic E-state index is 13.2. The summed E-state index contributed by atoms with van der Waals surface area (Å²) in [6.45, 7) is 0.909. The van der Waals surface area contributed by atoms with Crippen molar-refractivity contribution in [3.05, 3.63) is 69.2 Å². The minimum absolute atomic E-state index is 0.0526. The molecule has 2 aliphatic rings. The van der Waals surface area contributed by atoms with E-state index in [4.69, 9.17) is 23.2 Å². The number of carbonyl (C=O) groups is 1. The summed E-state index contributed by atoms with van der Waals surface area (Å²) < 4.78 is 0. The Hall–Kier alpha value is -1.81. The van der Waals surface area contributed by atoms with Crippen LogP contribution in [-0.2, 0) is 10.2 Å². The van der Waals surface area contributed by atoms with E-state index in [1.165, 1.54) is 0 Å². The van der Waals surface area contributed by atoms with E-state index in [2.05, 4.69) is 11.9 Å². The maximum absolute atomic E-state index is 13.2. The average Bonchev–Trinajstić information content (AvgIpc) is 2.64. The lowest BCUT2D eigenvalue weighted by Gasteiger charge is -2.50. The van der Waals surface area contributed by atoms with Gasteiger partial charge in [0.1, 0.15) is 5.75 Å². The Morgan fingerprint density at radius 1 is 1.19 bits per heavy atom. The molecule has 0 spiro atoms. The third-order valence-electron chi connectivity index (χ3n) is 5.96. The molecule has 1 saturated heterocycles. The van der Waals surface area contributed by atoms with Crippen LogP contribution in [0.1, 0.15) is 30.4 Å². The number of likely N-dealkylation sites (N-methyl/N-ethyl adjacent to an activating group) is 1. The molecule has 2 fully saturated rings. The summed E-state index contributed by atoms with van der Waals surface area (Å²) in [6, 6.07) is 12.9. The lowest BCUT2D eigenvalue weighted by atomic mass is 9.61. The van der Waals surface area contributed by atoms with Crippen molar-refractivity contribution in [3.8, 4) is 5.75 Å². The molecule has 2 atom stereocenters. The molecule has 0 aromatic heterocycles. The van der Waals surface area contributed by atoms with Gasteiger partial charge in [0.05, 0.1) is 10.0 Å². The number of fused-ring (bicyclic) bond motifs is 2. The summed E-state index contributed by atoms with van der Waals surface area (Å²) in [7, 11) is 2.07. The second-order valence-electron chi connectivity index (χ2n) is 7.65. The van der Waals surface area contributed by atoms with Crippen molar-refractivity contribution >= 4 is 35.1 Å². The number of piperidine rings is 1. The lowest BCUT2D eigenvalue weighted by molar-refractivity contribution is -0.120. The molecule has 1 heterocycles. The fourth-order valence-electron chi connectivity index (χ4n) is 4.44. The fourth-order valence-corrected chi connectivity index (χ4v) is 4.74. The van der Waals surface area contributed by atoms with E-state index in [1.54, 1.807) is 18.2 Å². The van der Waals surface area contributed by atoms with Crippen molar-refractivity contribution in [2.75, 3.05) is 13.6 Å². The van der Waals surface area contributed by atoms with Crippen molar-refractivity contribution in [1.82, 2.24) is 4.90 Å². The predicted octanol–water partition coefficient (Wildman–Crippen LogP) is 5.09. The molecule has 2 aromatic rings. The molecule has 1 aliphatic carbocycles. The second-order valence-corrected chi connectivity index (χ2v) is 8.47. The van der Waals surface area contributed by atoms with E-state index >= 15 is 0 Å². The zero-order valence-corrected chi connectivity index (χ0v) is 16.6. The zero-order chi connectivity index (χ0) is 19.2. The molecule has 0 amide bonds. The summed E-state index contributed by atoms with van der Waals surface area (Å²) in [6.07, 6.45) is 4.19. The number of benzene rings is 2. The van der Waals surface area contributed by atoms with E-state index in [0.29, 0.717) is 16.5 Å². The van der Waals surface area contributed by atoms with Crippen molar-refractivity contribution in [3.63, 3.8) is 0 Å². The molecule has 27 heavy (non-hydrogen) atoms. The monoisotopic (exact) mass is 401 g/mol. The van der Waals surface area contributed by atoms with E-state index in [-0.39, 0.29) is 23.0 Å². The first-order valence-electron chi connectivity index (χ1n) is 9.08. The van der Waals surface area contributed by atoms with Crippen LogP contribution in [0.15, 0.2) is 48.0 Å². The molecule has 3 nitrogen and oxygen atoms in total. The highest BCUT2D eigenvalue weighted by Gasteiger charge is 2.48. The number of phenols is 1. The van der Waals surface area contributed by atoms with E-state index in [0.717, 1.165) is 36.1 Å². The summed E-state index contributed by atoms with van der Waals surface area (Å²) in [5, 5.41) is 10.9. The number of nitrogens with zero attached hydrogens (tertiary/aromatic N) is 1. The van der Waals surface area contributed by atoms with Gasteiger partial charge in [0.2, 0.25) is 0 Å². The first kappa shape index (κ1) is 18.5. The minimum atomic E-state index is -0.206. The predicted molar refractivity (Wildman–Crippen MR) is 109 cm³/mol. The first-order chi connectivity index (χ1) is 12.9. The van der Waals surface area contributed by atoms with E-state index < -0.39 is 0 Å². The highest BCUT2D eigenvalue weighted by atomic mass is 35.5. The van der Waals surface area contributed by atoms with Gasteiger partial charge in [0, 0.05) is 23.5 Å².